The summed E-state index contributed by atoms with van der Waals surface area (Å²) in [4.78, 5) is 21.2. The zero-order valence-electron chi connectivity index (χ0n) is 16.6. The molecular formula is C21H29N5OS. The van der Waals surface area contributed by atoms with Gasteiger partial charge in [0.15, 0.2) is 5.96 Å². The van der Waals surface area contributed by atoms with E-state index in [2.05, 4.69) is 39.3 Å². The summed E-state index contributed by atoms with van der Waals surface area (Å²) < 4.78 is 0. The fourth-order valence-electron chi connectivity index (χ4n) is 3.33. The van der Waals surface area contributed by atoms with Gasteiger partial charge in [0.25, 0.3) is 0 Å². The minimum atomic E-state index is 0.0642. The molecule has 2 aromatic rings. The van der Waals surface area contributed by atoms with Gasteiger partial charge in [-0.3, -0.25) is 9.79 Å². The van der Waals surface area contributed by atoms with E-state index in [4.69, 9.17) is 4.99 Å². The van der Waals surface area contributed by atoms with Gasteiger partial charge in [-0.1, -0.05) is 18.2 Å². The number of nitrogens with one attached hydrogen (secondary N) is 3. The van der Waals surface area contributed by atoms with Crippen molar-refractivity contribution in [2.75, 3.05) is 25.0 Å². The molecule has 28 heavy (non-hydrogen) atoms. The molecule has 1 aliphatic rings. The molecule has 150 valence electrons. The number of para-hydroxylation sites is 1. The number of benzene rings is 1. The van der Waals surface area contributed by atoms with Gasteiger partial charge in [0, 0.05) is 42.2 Å². The highest BCUT2D eigenvalue weighted by Gasteiger charge is 2.24. The Kier molecular flexibility index (Phi) is 7.42. The Labute approximate surface area is 170 Å². The maximum absolute atomic E-state index is 12.0. The highest BCUT2D eigenvalue weighted by atomic mass is 32.1. The number of aliphatic imine (C=N–C) groups is 1. The van der Waals surface area contributed by atoms with Gasteiger partial charge >= 0.3 is 0 Å². The molecule has 1 aliphatic heterocycles. The number of hydrogen-bond donors (Lipinski definition) is 3. The fourth-order valence-corrected chi connectivity index (χ4v) is 4.15. The minimum absolute atomic E-state index is 0.0642. The van der Waals surface area contributed by atoms with Crippen LogP contribution in [0.5, 0.6) is 0 Å². The monoisotopic (exact) mass is 399 g/mol. The van der Waals surface area contributed by atoms with Crippen LogP contribution in [0.15, 0.2) is 34.6 Å². The number of guanidine groups is 1. The van der Waals surface area contributed by atoms with Crippen molar-refractivity contribution in [3.05, 3.63) is 45.9 Å². The number of thiazole rings is 1. The molecule has 0 radical (unpaired) electrons. The van der Waals surface area contributed by atoms with E-state index in [1.165, 1.54) is 10.6 Å². The predicted octanol–water partition coefficient (Wildman–Crippen LogP) is 3.46. The van der Waals surface area contributed by atoms with E-state index >= 15 is 0 Å². The van der Waals surface area contributed by atoms with Gasteiger partial charge in [0.05, 0.1) is 11.6 Å². The van der Waals surface area contributed by atoms with Crippen LogP contribution in [0.3, 0.4) is 0 Å². The second-order valence-corrected chi connectivity index (χ2v) is 7.97. The summed E-state index contributed by atoms with van der Waals surface area (Å²) in [5.74, 6) is 0.999. The maximum atomic E-state index is 12.0. The summed E-state index contributed by atoms with van der Waals surface area (Å²) >= 11 is 1.74. The van der Waals surface area contributed by atoms with Crippen LogP contribution in [0.25, 0.3) is 0 Å². The summed E-state index contributed by atoms with van der Waals surface area (Å²) in [6, 6.07) is 8.00. The second kappa shape index (κ2) is 10.2. The van der Waals surface area contributed by atoms with Crippen LogP contribution in [-0.4, -0.2) is 36.5 Å². The second-order valence-electron chi connectivity index (χ2n) is 7.02. The van der Waals surface area contributed by atoms with Gasteiger partial charge < -0.3 is 16.0 Å². The highest BCUT2D eigenvalue weighted by molar-refractivity contribution is 7.09. The number of fused-ring (bicyclic) bond motifs is 1. The third-order valence-electron chi connectivity index (χ3n) is 4.70. The molecule has 0 fully saturated rings. The number of carbonyl (C=O) groups is 1. The van der Waals surface area contributed by atoms with Crippen molar-refractivity contribution < 1.29 is 4.79 Å². The molecule has 3 rings (SSSR count). The molecule has 1 amide bonds. The first kappa shape index (κ1) is 20.3. The Balaban J connectivity index is 1.49. The molecule has 1 aromatic carbocycles. The third kappa shape index (κ3) is 5.79. The van der Waals surface area contributed by atoms with E-state index < -0.39 is 0 Å². The molecule has 0 saturated carbocycles. The molecule has 7 heteroatoms. The summed E-state index contributed by atoms with van der Waals surface area (Å²) in [7, 11) is 0. The molecule has 0 spiro atoms. The minimum Gasteiger partial charge on any atom is -0.357 e. The number of amides is 1. The SMILES string of the molecule is CCNC(=NCC1CC(=O)Nc2ccccc21)NCCCCc1nc(C)cs1. The van der Waals surface area contributed by atoms with Gasteiger partial charge in [-0.05, 0) is 44.7 Å². The Morgan fingerprint density at radius 1 is 1.32 bits per heavy atom. The number of anilines is 1. The number of aromatic nitrogens is 1. The van der Waals surface area contributed by atoms with Crippen molar-refractivity contribution in [3.63, 3.8) is 0 Å². The Morgan fingerprint density at radius 2 is 2.18 bits per heavy atom. The van der Waals surface area contributed by atoms with E-state index in [0.717, 1.165) is 49.7 Å². The molecular weight excluding hydrogens is 370 g/mol. The molecule has 2 heterocycles. The van der Waals surface area contributed by atoms with Crippen LogP contribution in [0, 0.1) is 6.92 Å². The number of rotatable bonds is 8. The van der Waals surface area contributed by atoms with Crippen molar-refractivity contribution in [1.29, 1.82) is 0 Å². The number of nitrogens with zero attached hydrogens (tertiary/aromatic N) is 2. The molecule has 1 aromatic heterocycles. The van der Waals surface area contributed by atoms with Gasteiger partial charge in [-0.25, -0.2) is 4.98 Å². The summed E-state index contributed by atoms with van der Waals surface area (Å²) in [6.45, 7) is 6.38. The number of hydrogen-bond acceptors (Lipinski definition) is 4. The molecule has 1 unspecified atom stereocenters. The van der Waals surface area contributed by atoms with Crippen molar-refractivity contribution >= 4 is 28.9 Å². The normalized spacial score (nSPS) is 16.4. The van der Waals surface area contributed by atoms with Crippen molar-refractivity contribution in [2.24, 2.45) is 4.99 Å². The van der Waals surface area contributed by atoms with E-state index in [0.29, 0.717) is 13.0 Å². The number of carbonyl (C=O) groups excluding carboxylic acids is 1. The average molecular weight is 400 g/mol. The Morgan fingerprint density at radius 3 is 2.96 bits per heavy atom. The summed E-state index contributed by atoms with van der Waals surface area (Å²) in [5, 5.41) is 13.0. The maximum Gasteiger partial charge on any atom is 0.225 e. The molecule has 0 aliphatic carbocycles. The lowest BCUT2D eigenvalue weighted by Crippen LogP contribution is -2.38. The zero-order chi connectivity index (χ0) is 19.8. The van der Waals surface area contributed by atoms with Gasteiger partial charge in [-0.2, -0.15) is 0 Å². The van der Waals surface area contributed by atoms with E-state index in [1.807, 2.05) is 25.1 Å². The first-order valence-electron chi connectivity index (χ1n) is 9.97. The van der Waals surface area contributed by atoms with Crippen LogP contribution in [0.4, 0.5) is 5.69 Å². The fraction of sp³-hybridized carbons (Fsp3) is 0.476. The lowest BCUT2D eigenvalue weighted by atomic mass is 9.91. The topological polar surface area (TPSA) is 78.4 Å². The van der Waals surface area contributed by atoms with Crippen LogP contribution in [-0.2, 0) is 11.2 Å². The Hall–Kier alpha value is -2.41. The lowest BCUT2D eigenvalue weighted by molar-refractivity contribution is -0.116. The third-order valence-corrected chi connectivity index (χ3v) is 5.72. The predicted molar refractivity (Wildman–Crippen MR) is 116 cm³/mol. The van der Waals surface area contributed by atoms with Crippen molar-refractivity contribution in [2.45, 2.75) is 45.4 Å². The van der Waals surface area contributed by atoms with Crippen molar-refractivity contribution in [1.82, 2.24) is 15.6 Å². The van der Waals surface area contributed by atoms with Crippen LogP contribution in [0.2, 0.25) is 0 Å². The Bertz CT molecular complexity index is 817. The average Bonchev–Trinajstić information content (AvgIpc) is 3.10. The molecule has 0 bridgehead atoms. The molecule has 0 saturated heterocycles. The molecule has 3 N–H and O–H groups in total. The van der Waals surface area contributed by atoms with Crippen LogP contribution in [0.1, 0.15) is 48.4 Å². The number of unbranched alkanes of at least 4 members (excludes halogenated alkanes) is 1. The van der Waals surface area contributed by atoms with Crippen LogP contribution < -0.4 is 16.0 Å². The standard InChI is InChI=1S/C21H29N5OS/c1-3-22-21(23-11-7-6-10-20-25-15(2)14-28-20)24-13-16-12-19(27)26-18-9-5-4-8-17(16)18/h4-5,8-9,14,16H,3,6-7,10-13H2,1-2H3,(H,26,27)(H2,22,23,24). The summed E-state index contributed by atoms with van der Waals surface area (Å²) in [6.07, 6.45) is 3.68. The highest BCUT2D eigenvalue weighted by Crippen LogP contribution is 2.31. The van der Waals surface area contributed by atoms with Gasteiger partial charge in [0.2, 0.25) is 5.91 Å². The number of aryl methyl sites for hydroxylation is 2. The van der Waals surface area contributed by atoms with Gasteiger partial charge in [0.1, 0.15) is 0 Å². The molecule has 6 nitrogen and oxygen atoms in total. The van der Waals surface area contributed by atoms with E-state index in [-0.39, 0.29) is 11.8 Å². The zero-order valence-corrected chi connectivity index (χ0v) is 17.4. The smallest absolute Gasteiger partial charge is 0.225 e. The van der Waals surface area contributed by atoms with Crippen molar-refractivity contribution in [3.8, 4) is 0 Å². The first-order valence-corrected chi connectivity index (χ1v) is 10.9. The molecule has 1 atom stereocenters. The van der Waals surface area contributed by atoms with E-state index in [9.17, 15) is 4.79 Å². The van der Waals surface area contributed by atoms with E-state index in [1.54, 1.807) is 11.3 Å². The first-order chi connectivity index (χ1) is 13.7. The van der Waals surface area contributed by atoms with Gasteiger partial charge in [-0.15, -0.1) is 11.3 Å². The quantitative estimate of drug-likeness (QED) is 0.361. The van der Waals surface area contributed by atoms with Crippen LogP contribution >= 0.6 is 11.3 Å². The summed E-state index contributed by atoms with van der Waals surface area (Å²) in [5.41, 5.74) is 3.19. The largest absolute Gasteiger partial charge is 0.357 e. The lowest BCUT2D eigenvalue weighted by Gasteiger charge is -2.24.